The molecule has 4 aromatic rings. The van der Waals surface area contributed by atoms with E-state index in [1.54, 1.807) is 9.58 Å². The Hall–Kier alpha value is -3.47. The molecule has 0 fully saturated rings. The normalized spacial score (nSPS) is 10.8. The number of nitrogens with zero attached hydrogens (tertiary/aromatic N) is 4. The van der Waals surface area contributed by atoms with Crippen molar-refractivity contribution in [1.29, 1.82) is 0 Å². The molecule has 5 nitrogen and oxygen atoms in total. The number of anilines is 1. The van der Waals surface area contributed by atoms with Crippen molar-refractivity contribution in [3.8, 4) is 0 Å². The lowest BCUT2D eigenvalue weighted by Gasteiger charge is -2.23. The number of carbonyl (C=O) groups is 1. The van der Waals surface area contributed by atoms with Crippen molar-refractivity contribution in [2.75, 3.05) is 4.90 Å². The average molecular weight is 342 g/mol. The van der Waals surface area contributed by atoms with Gasteiger partial charge < -0.3 is 4.90 Å². The lowest BCUT2D eigenvalue weighted by molar-refractivity contribution is -0.119. The van der Waals surface area contributed by atoms with E-state index in [1.807, 2.05) is 84.9 Å². The van der Waals surface area contributed by atoms with Crippen LogP contribution in [0.2, 0.25) is 0 Å². The van der Waals surface area contributed by atoms with Crippen LogP contribution in [0.25, 0.3) is 11.0 Å². The molecule has 0 atom stereocenters. The molecule has 1 aromatic heterocycles. The fraction of sp³-hybridized carbons (Fsp3) is 0.0952. The Morgan fingerprint density at radius 3 is 2.27 bits per heavy atom. The van der Waals surface area contributed by atoms with E-state index in [2.05, 4.69) is 10.3 Å². The molecule has 128 valence electrons. The summed E-state index contributed by atoms with van der Waals surface area (Å²) in [5.41, 5.74) is 3.59. The van der Waals surface area contributed by atoms with Gasteiger partial charge in [-0.15, -0.1) is 5.10 Å². The van der Waals surface area contributed by atoms with Crippen LogP contribution in [-0.4, -0.2) is 20.9 Å². The van der Waals surface area contributed by atoms with Crippen LogP contribution in [0, 0.1) is 0 Å². The summed E-state index contributed by atoms with van der Waals surface area (Å²) in [6.07, 6.45) is 0. The van der Waals surface area contributed by atoms with E-state index in [9.17, 15) is 4.79 Å². The Bertz CT molecular complexity index is 1010. The number of fused-ring (bicyclic) bond motifs is 1. The molecular weight excluding hydrogens is 324 g/mol. The lowest BCUT2D eigenvalue weighted by atomic mass is 10.2. The Kier molecular flexibility index (Phi) is 4.43. The topological polar surface area (TPSA) is 51.0 Å². The molecule has 0 spiro atoms. The van der Waals surface area contributed by atoms with Crippen LogP contribution < -0.4 is 4.90 Å². The number of para-hydroxylation sites is 2. The number of aromatic nitrogens is 3. The largest absolute Gasteiger partial charge is 0.306 e. The summed E-state index contributed by atoms with van der Waals surface area (Å²) in [5.74, 6) is -0.0318. The highest BCUT2D eigenvalue weighted by atomic mass is 16.2. The van der Waals surface area contributed by atoms with E-state index in [4.69, 9.17) is 0 Å². The Morgan fingerprint density at radius 2 is 1.50 bits per heavy atom. The molecule has 3 aromatic carbocycles. The van der Waals surface area contributed by atoms with Gasteiger partial charge in [0.05, 0.1) is 12.1 Å². The van der Waals surface area contributed by atoms with Crippen molar-refractivity contribution < 1.29 is 4.79 Å². The number of carbonyl (C=O) groups excluding carboxylic acids is 1. The smallest absolute Gasteiger partial charge is 0.249 e. The van der Waals surface area contributed by atoms with Gasteiger partial charge in [0.25, 0.3) is 0 Å². The molecule has 0 unspecified atom stereocenters. The highest BCUT2D eigenvalue weighted by molar-refractivity contribution is 5.93. The molecule has 26 heavy (non-hydrogen) atoms. The Labute approximate surface area is 151 Å². The zero-order chi connectivity index (χ0) is 17.8. The van der Waals surface area contributed by atoms with Gasteiger partial charge >= 0.3 is 0 Å². The first-order valence-corrected chi connectivity index (χ1v) is 8.49. The van der Waals surface area contributed by atoms with E-state index >= 15 is 0 Å². The Balaban J connectivity index is 1.63. The zero-order valence-corrected chi connectivity index (χ0v) is 14.2. The first-order chi connectivity index (χ1) is 12.8. The summed E-state index contributed by atoms with van der Waals surface area (Å²) < 4.78 is 1.65. The van der Waals surface area contributed by atoms with Crippen LogP contribution in [-0.2, 0) is 17.9 Å². The van der Waals surface area contributed by atoms with Gasteiger partial charge in [-0.1, -0.05) is 65.9 Å². The van der Waals surface area contributed by atoms with Crippen molar-refractivity contribution in [1.82, 2.24) is 15.0 Å². The molecule has 0 saturated heterocycles. The monoisotopic (exact) mass is 342 g/mol. The predicted molar refractivity (Wildman–Crippen MR) is 102 cm³/mol. The maximum atomic E-state index is 13.1. The minimum atomic E-state index is -0.0318. The summed E-state index contributed by atoms with van der Waals surface area (Å²) in [4.78, 5) is 14.9. The number of amides is 1. The van der Waals surface area contributed by atoms with Gasteiger partial charge in [-0.2, -0.15) is 0 Å². The average Bonchev–Trinajstić information content (AvgIpc) is 3.10. The zero-order valence-electron chi connectivity index (χ0n) is 14.2. The second kappa shape index (κ2) is 7.19. The van der Waals surface area contributed by atoms with E-state index < -0.39 is 0 Å². The van der Waals surface area contributed by atoms with E-state index in [0.717, 1.165) is 22.3 Å². The standard InChI is InChI=1S/C21H18N4O/c26-21(16-25-20-14-8-7-13-19(20)22-23-25)24(18-11-5-2-6-12-18)15-17-9-3-1-4-10-17/h1-14H,15-16H2. The second-order valence-electron chi connectivity index (χ2n) is 6.04. The fourth-order valence-electron chi connectivity index (χ4n) is 2.94. The molecule has 4 rings (SSSR count). The molecule has 0 radical (unpaired) electrons. The highest BCUT2D eigenvalue weighted by Crippen LogP contribution is 2.18. The number of hydrogen-bond acceptors (Lipinski definition) is 3. The van der Waals surface area contributed by atoms with Crippen LogP contribution in [0.4, 0.5) is 5.69 Å². The van der Waals surface area contributed by atoms with Crippen LogP contribution in [0.15, 0.2) is 84.9 Å². The molecule has 0 N–H and O–H groups in total. The number of benzene rings is 3. The van der Waals surface area contributed by atoms with Gasteiger partial charge in [0.15, 0.2) is 0 Å². The minimum absolute atomic E-state index is 0.0318. The van der Waals surface area contributed by atoms with Gasteiger partial charge in [0, 0.05) is 5.69 Å². The predicted octanol–water partition coefficient (Wildman–Crippen LogP) is 3.66. The molecule has 0 aliphatic heterocycles. The summed E-state index contributed by atoms with van der Waals surface area (Å²) in [7, 11) is 0. The molecular formula is C21H18N4O. The summed E-state index contributed by atoms with van der Waals surface area (Å²) in [5, 5.41) is 8.27. The van der Waals surface area contributed by atoms with Gasteiger partial charge in [0.1, 0.15) is 12.1 Å². The minimum Gasteiger partial charge on any atom is -0.306 e. The summed E-state index contributed by atoms with van der Waals surface area (Å²) in [6, 6.07) is 27.3. The van der Waals surface area contributed by atoms with Gasteiger partial charge in [0.2, 0.25) is 5.91 Å². The molecule has 1 heterocycles. The van der Waals surface area contributed by atoms with Crippen LogP contribution in [0.1, 0.15) is 5.56 Å². The van der Waals surface area contributed by atoms with E-state index in [-0.39, 0.29) is 12.5 Å². The molecule has 0 bridgehead atoms. The van der Waals surface area contributed by atoms with Crippen LogP contribution in [0.3, 0.4) is 0 Å². The molecule has 0 saturated carbocycles. The summed E-state index contributed by atoms with van der Waals surface area (Å²) in [6.45, 7) is 0.651. The number of rotatable bonds is 5. The van der Waals surface area contributed by atoms with Gasteiger partial charge in [-0.3, -0.25) is 4.79 Å². The highest BCUT2D eigenvalue weighted by Gasteiger charge is 2.18. The van der Waals surface area contributed by atoms with E-state index in [1.165, 1.54) is 0 Å². The SMILES string of the molecule is O=C(Cn1nnc2ccccc21)N(Cc1ccccc1)c1ccccc1. The van der Waals surface area contributed by atoms with Crippen molar-refractivity contribution in [2.24, 2.45) is 0 Å². The first-order valence-electron chi connectivity index (χ1n) is 8.49. The van der Waals surface area contributed by atoms with Gasteiger partial charge in [-0.25, -0.2) is 4.68 Å². The third-order valence-corrected chi connectivity index (χ3v) is 4.26. The van der Waals surface area contributed by atoms with E-state index in [0.29, 0.717) is 6.54 Å². The molecule has 1 amide bonds. The quantitative estimate of drug-likeness (QED) is 0.556. The maximum Gasteiger partial charge on any atom is 0.249 e. The third kappa shape index (κ3) is 3.32. The van der Waals surface area contributed by atoms with Gasteiger partial charge in [-0.05, 0) is 29.8 Å². The molecule has 0 aliphatic rings. The number of hydrogen-bond donors (Lipinski definition) is 0. The Morgan fingerprint density at radius 1 is 0.846 bits per heavy atom. The first kappa shape index (κ1) is 16.0. The van der Waals surface area contributed by atoms with Crippen LogP contribution in [0.5, 0.6) is 0 Å². The van der Waals surface area contributed by atoms with Crippen molar-refractivity contribution in [3.05, 3.63) is 90.5 Å². The second-order valence-corrected chi connectivity index (χ2v) is 6.04. The van der Waals surface area contributed by atoms with Crippen molar-refractivity contribution in [3.63, 3.8) is 0 Å². The maximum absolute atomic E-state index is 13.1. The van der Waals surface area contributed by atoms with Crippen LogP contribution >= 0.6 is 0 Å². The molecule has 5 heteroatoms. The molecule has 0 aliphatic carbocycles. The van der Waals surface area contributed by atoms with Crippen molar-refractivity contribution >= 4 is 22.6 Å². The lowest BCUT2D eigenvalue weighted by Crippen LogP contribution is -2.33. The fourth-order valence-corrected chi connectivity index (χ4v) is 2.94. The van der Waals surface area contributed by atoms with Crippen molar-refractivity contribution in [2.45, 2.75) is 13.1 Å². The third-order valence-electron chi connectivity index (χ3n) is 4.26. The summed E-state index contributed by atoms with van der Waals surface area (Å²) >= 11 is 0.